The highest BCUT2D eigenvalue weighted by atomic mass is 32.1. The van der Waals surface area contributed by atoms with Crippen LogP contribution in [0.5, 0.6) is 0 Å². The van der Waals surface area contributed by atoms with Crippen molar-refractivity contribution in [2.45, 2.75) is 52.5 Å². The van der Waals surface area contributed by atoms with E-state index in [1.54, 1.807) is 11.3 Å². The van der Waals surface area contributed by atoms with Crippen LogP contribution in [-0.4, -0.2) is 10.9 Å². The molecule has 1 aromatic heterocycles. The average molecular weight is 331 g/mol. The Morgan fingerprint density at radius 1 is 1.26 bits per heavy atom. The molecule has 0 aliphatic rings. The zero-order valence-corrected chi connectivity index (χ0v) is 15.2. The van der Waals surface area contributed by atoms with Gasteiger partial charge in [-0.1, -0.05) is 39.8 Å². The first-order valence-electron chi connectivity index (χ1n) is 8.10. The molecule has 2 aromatic rings. The van der Waals surface area contributed by atoms with Crippen molar-refractivity contribution in [2.24, 2.45) is 10.7 Å². The molecule has 0 spiro atoms. The van der Waals surface area contributed by atoms with E-state index in [1.807, 2.05) is 17.5 Å². The van der Waals surface area contributed by atoms with Crippen LogP contribution in [0.3, 0.4) is 0 Å². The second-order valence-corrected chi connectivity index (χ2v) is 6.98. The van der Waals surface area contributed by atoms with Gasteiger partial charge in [0.25, 0.3) is 0 Å². The monoisotopic (exact) mass is 330 g/mol. The third-order valence-corrected chi connectivity index (χ3v) is 5.03. The maximum absolute atomic E-state index is 5.96. The number of anilines is 1. The highest BCUT2D eigenvalue weighted by Crippen LogP contribution is 2.21. The molecule has 1 atom stereocenters. The van der Waals surface area contributed by atoms with Crippen LogP contribution in [0.15, 0.2) is 34.6 Å². The summed E-state index contributed by atoms with van der Waals surface area (Å²) in [7, 11) is 0. The molecule has 1 aromatic carbocycles. The van der Waals surface area contributed by atoms with Crippen LogP contribution in [0.25, 0.3) is 0 Å². The van der Waals surface area contributed by atoms with Gasteiger partial charge in [-0.25, -0.2) is 9.98 Å². The number of hydrogen-bond acceptors (Lipinski definition) is 3. The number of aliphatic imine (C=N–C) groups is 1. The molecule has 5 heteroatoms. The summed E-state index contributed by atoms with van der Waals surface area (Å²) >= 11 is 1.68. The summed E-state index contributed by atoms with van der Waals surface area (Å²) in [6.45, 7) is 9.23. The Bertz CT molecular complexity index is 643. The number of nitrogens with zero attached hydrogens (tertiary/aromatic N) is 2. The Balaban J connectivity index is 1.93. The fourth-order valence-electron chi connectivity index (χ4n) is 2.14. The highest BCUT2D eigenvalue weighted by molar-refractivity contribution is 7.09. The van der Waals surface area contributed by atoms with Crippen molar-refractivity contribution in [3.63, 3.8) is 0 Å². The molecule has 1 heterocycles. The number of nitrogens with one attached hydrogen (secondary N) is 1. The van der Waals surface area contributed by atoms with E-state index in [0.717, 1.165) is 22.8 Å². The zero-order valence-electron chi connectivity index (χ0n) is 14.3. The van der Waals surface area contributed by atoms with Crippen molar-refractivity contribution in [1.29, 1.82) is 0 Å². The largest absolute Gasteiger partial charge is 0.370 e. The number of nitrogens with two attached hydrogens (primary N) is 1. The summed E-state index contributed by atoms with van der Waals surface area (Å²) in [6.07, 6.45) is 1.14. The van der Waals surface area contributed by atoms with Crippen molar-refractivity contribution in [2.75, 3.05) is 5.32 Å². The molecule has 124 valence electrons. The summed E-state index contributed by atoms with van der Waals surface area (Å²) in [4.78, 5) is 8.92. The second-order valence-electron chi connectivity index (χ2n) is 6.09. The quantitative estimate of drug-likeness (QED) is 0.595. The van der Waals surface area contributed by atoms with E-state index in [4.69, 9.17) is 5.73 Å². The first-order valence-corrected chi connectivity index (χ1v) is 8.98. The van der Waals surface area contributed by atoms with Crippen LogP contribution >= 0.6 is 11.3 Å². The minimum absolute atomic E-state index is 0.417. The summed E-state index contributed by atoms with van der Waals surface area (Å²) in [5, 5.41) is 6.32. The lowest BCUT2D eigenvalue weighted by Crippen LogP contribution is -2.22. The minimum Gasteiger partial charge on any atom is -0.370 e. The van der Waals surface area contributed by atoms with Gasteiger partial charge in [-0.3, -0.25) is 0 Å². The van der Waals surface area contributed by atoms with Gasteiger partial charge in [0.05, 0.1) is 17.2 Å². The molecule has 4 nitrogen and oxygen atoms in total. The third-order valence-electron chi connectivity index (χ3n) is 3.84. The maximum atomic E-state index is 5.96. The molecule has 0 bridgehead atoms. The molecule has 0 saturated heterocycles. The van der Waals surface area contributed by atoms with Gasteiger partial charge in [-0.15, -0.1) is 11.3 Å². The first kappa shape index (κ1) is 17.5. The van der Waals surface area contributed by atoms with Crippen LogP contribution in [0, 0.1) is 0 Å². The van der Waals surface area contributed by atoms with Crippen LogP contribution in [-0.2, 0) is 6.54 Å². The first-order chi connectivity index (χ1) is 11.0. The van der Waals surface area contributed by atoms with E-state index in [-0.39, 0.29) is 0 Å². The van der Waals surface area contributed by atoms with Gasteiger partial charge in [0.2, 0.25) is 0 Å². The molecule has 3 N–H and O–H groups in total. The molecule has 2 rings (SSSR count). The number of rotatable bonds is 6. The lowest BCUT2D eigenvalue weighted by molar-refractivity contribution is 0.734. The van der Waals surface area contributed by atoms with E-state index in [2.05, 4.69) is 55.1 Å². The molecule has 0 aliphatic heterocycles. The SMILES string of the molecule is CCC(C)c1ccc(NC(N)=NCc2csc(C(C)C)n2)cc1. The van der Waals surface area contributed by atoms with Crippen molar-refractivity contribution >= 4 is 23.0 Å². The fourth-order valence-corrected chi connectivity index (χ4v) is 2.97. The standard InChI is InChI=1S/C18H26N4S/c1-5-13(4)14-6-8-15(9-7-14)22-18(19)20-10-16-11-23-17(21-16)12(2)3/h6-9,11-13H,5,10H2,1-4H3,(H3,19,20,22). The Morgan fingerprint density at radius 2 is 1.96 bits per heavy atom. The van der Waals surface area contributed by atoms with Gasteiger partial charge in [-0.2, -0.15) is 0 Å². The summed E-state index contributed by atoms with van der Waals surface area (Å²) in [5.41, 5.74) is 9.23. The van der Waals surface area contributed by atoms with Gasteiger partial charge in [-0.05, 0) is 30.0 Å². The predicted molar refractivity (Wildman–Crippen MR) is 100 cm³/mol. The van der Waals surface area contributed by atoms with E-state index in [1.165, 1.54) is 5.56 Å². The fraction of sp³-hybridized carbons (Fsp3) is 0.444. The number of guanidine groups is 1. The zero-order chi connectivity index (χ0) is 16.8. The molecule has 23 heavy (non-hydrogen) atoms. The summed E-state index contributed by atoms with van der Waals surface area (Å²) in [5.74, 6) is 1.45. The third kappa shape index (κ3) is 5.06. The van der Waals surface area contributed by atoms with Crippen LogP contribution in [0.2, 0.25) is 0 Å². The number of benzene rings is 1. The molecule has 1 unspecified atom stereocenters. The highest BCUT2D eigenvalue weighted by Gasteiger charge is 2.06. The average Bonchev–Trinajstić information content (AvgIpc) is 3.02. The van der Waals surface area contributed by atoms with E-state index in [0.29, 0.717) is 24.3 Å². The van der Waals surface area contributed by atoms with Gasteiger partial charge in [0.15, 0.2) is 5.96 Å². The topological polar surface area (TPSA) is 63.3 Å². The number of aromatic nitrogens is 1. The van der Waals surface area contributed by atoms with Crippen molar-refractivity contribution < 1.29 is 0 Å². The van der Waals surface area contributed by atoms with Gasteiger partial charge in [0.1, 0.15) is 0 Å². The van der Waals surface area contributed by atoms with Crippen molar-refractivity contribution in [3.05, 3.63) is 45.9 Å². The maximum Gasteiger partial charge on any atom is 0.193 e. The lowest BCUT2D eigenvalue weighted by Gasteiger charge is -2.10. The van der Waals surface area contributed by atoms with E-state index >= 15 is 0 Å². The molecule has 0 radical (unpaired) electrons. The van der Waals surface area contributed by atoms with Gasteiger partial charge in [0, 0.05) is 17.0 Å². The molecular formula is C18H26N4S. The van der Waals surface area contributed by atoms with Crippen molar-refractivity contribution in [1.82, 2.24) is 4.98 Å². The van der Waals surface area contributed by atoms with Crippen LogP contribution in [0.1, 0.15) is 62.2 Å². The Kier molecular flexibility index (Phi) is 6.16. The lowest BCUT2D eigenvalue weighted by atomic mass is 9.99. The molecule has 0 fully saturated rings. The Labute approximate surface area is 142 Å². The Morgan fingerprint density at radius 3 is 2.52 bits per heavy atom. The van der Waals surface area contributed by atoms with E-state index < -0.39 is 0 Å². The summed E-state index contributed by atoms with van der Waals surface area (Å²) < 4.78 is 0. The number of thiazole rings is 1. The normalized spacial score (nSPS) is 13.3. The molecule has 0 amide bonds. The molecule has 0 aliphatic carbocycles. The smallest absolute Gasteiger partial charge is 0.193 e. The molecular weight excluding hydrogens is 304 g/mol. The van der Waals surface area contributed by atoms with Crippen LogP contribution in [0.4, 0.5) is 5.69 Å². The van der Waals surface area contributed by atoms with E-state index in [9.17, 15) is 0 Å². The Hall–Kier alpha value is -1.88. The molecule has 0 saturated carbocycles. The van der Waals surface area contributed by atoms with Gasteiger partial charge >= 0.3 is 0 Å². The van der Waals surface area contributed by atoms with Gasteiger partial charge < -0.3 is 11.1 Å². The summed E-state index contributed by atoms with van der Waals surface area (Å²) in [6, 6.07) is 8.37. The minimum atomic E-state index is 0.417. The van der Waals surface area contributed by atoms with Crippen molar-refractivity contribution in [3.8, 4) is 0 Å². The predicted octanol–water partition coefficient (Wildman–Crippen LogP) is 4.71. The second kappa shape index (κ2) is 8.11. The number of hydrogen-bond donors (Lipinski definition) is 2. The van der Waals surface area contributed by atoms with Crippen LogP contribution < -0.4 is 11.1 Å².